The maximum atomic E-state index is 13.5. The van der Waals surface area contributed by atoms with E-state index >= 15 is 0 Å². The molecule has 1 N–H and O–H groups in total. The predicted octanol–water partition coefficient (Wildman–Crippen LogP) is 5.48. The lowest BCUT2D eigenvalue weighted by atomic mass is 10.1. The molecule has 4 rings (SSSR count). The van der Waals surface area contributed by atoms with Crippen LogP contribution in [0, 0.1) is 3.57 Å². The fraction of sp³-hybridized carbons (Fsp3) is 0.160. The molecule has 1 aliphatic heterocycles. The number of carbonyl (C=O) groups excluding carboxylic acids is 2. The minimum Gasteiger partial charge on any atom is -0.497 e. The number of ether oxygens (including phenoxy) is 1. The van der Waals surface area contributed by atoms with Gasteiger partial charge in [-0.25, -0.2) is 0 Å². The molecule has 0 aliphatic carbocycles. The van der Waals surface area contributed by atoms with Gasteiger partial charge in [-0.05, 0) is 101 Å². The number of anilines is 2. The van der Waals surface area contributed by atoms with Crippen LogP contribution in [-0.2, 0) is 16.1 Å². The van der Waals surface area contributed by atoms with E-state index in [0.29, 0.717) is 28.1 Å². The molecule has 174 valence electrons. The third kappa shape index (κ3) is 5.51. The number of rotatable bonds is 7. The minimum atomic E-state index is -0.742. The highest BCUT2D eigenvalue weighted by atomic mass is 127. The third-order valence-corrected chi connectivity index (χ3v) is 6.81. The molecule has 0 aromatic heterocycles. The van der Waals surface area contributed by atoms with Gasteiger partial charge in [0.15, 0.2) is 5.11 Å². The smallest absolute Gasteiger partial charge is 0.256 e. The van der Waals surface area contributed by atoms with E-state index in [1.54, 1.807) is 36.3 Å². The van der Waals surface area contributed by atoms with Crippen LogP contribution < -0.4 is 15.0 Å². The highest BCUT2D eigenvalue weighted by molar-refractivity contribution is 14.1. The molecular formula is C25H21ClIN3O3S. The SMILES string of the molecule is COc1ccc(CN2C(=S)N(c3ccc(Cl)cc3)C(=O)C2CC(=O)Nc2ccc(I)cc2)cc1. The summed E-state index contributed by atoms with van der Waals surface area (Å²) in [5, 5.41) is 3.78. The van der Waals surface area contributed by atoms with Gasteiger partial charge in [0.25, 0.3) is 5.91 Å². The summed E-state index contributed by atoms with van der Waals surface area (Å²) in [6, 6.07) is 21.2. The first-order valence-electron chi connectivity index (χ1n) is 10.4. The lowest BCUT2D eigenvalue weighted by Gasteiger charge is -2.24. The molecule has 1 aliphatic rings. The quantitative estimate of drug-likeness (QED) is 0.285. The Kier molecular flexibility index (Phi) is 7.70. The lowest BCUT2D eigenvalue weighted by molar-refractivity contribution is -0.124. The summed E-state index contributed by atoms with van der Waals surface area (Å²) in [7, 11) is 1.61. The molecule has 1 unspecified atom stereocenters. The topological polar surface area (TPSA) is 61.9 Å². The predicted molar refractivity (Wildman–Crippen MR) is 146 cm³/mol. The summed E-state index contributed by atoms with van der Waals surface area (Å²) in [6.07, 6.45) is -0.0365. The molecule has 1 atom stereocenters. The van der Waals surface area contributed by atoms with Gasteiger partial charge < -0.3 is 15.0 Å². The highest BCUT2D eigenvalue weighted by Crippen LogP contribution is 2.30. The summed E-state index contributed by atoms with van der Waals surface area (Å²) < 4.78 is 6.30. The van der Waals surface area contributed by atoms with E-state index in [-0.39, 0.29) is 18.2 Å². The molecule has 6 nitrogen and oxygen atoms in total. The van der Waals surface area contributed by atoms with Gasteiger partial charge in [-0.3, -0.25) is 14.5 Å². The van der Waals surface area contributed by atoms with Crippen LogP contribution in [0.2, 0.25) is 5.02 Å². The molecule has 1 heterocycles. The molecule has 0 bridgehead atoms. The Morgan fingerprint density at radius 1 is 1.06 bits per heavy atom. The van der Waals surface area contributed by atoms with Crippen molar-refractivity contribution in [2.24, 2.45) is 0 Å². The van der Waals surface area contributed by atoms with Gasteiger partial charge in [0.1, 0.15) is 11.8 Å². The molecule has 2 amide bonds. The number of carbonyl (C=O) groups is 2. The first kappa shape index (κ1) is 24.4. The van der Waals surface area contributed by atoms with Crippen molar-refractivity contribution in [3.05, 3.63) is 87.0 Å². The number of hydrogen-bond donors (Lipinski definition) is 1. The van der Waals surface area contributed by atoms with Gasteiger partial charge in [-0.2, -0.15) is 0 Å². The number of amides is 2. The van der Waals surface area contributed by atoms with Crippen LogP contribution in [0.5, 0.6) is 5.75 Å². The van der Waals surface area contributed by atoms with E-state index in [0.717, 1.165) is 14.9 Å². The Balaban J connectivity index is 1.59. The van der Waals surface area contributed by atoms with Crippen LogP contribution in [-0.4, -0.2) is 35.0 Å². The van der Waals surface area contributed by atoms with Gasteiger partial charge in [0, 0.05) is 20.8 Å². The van der Waals surface area contributed by atoms with E-state index in [4.69, 9.17) is 28.6 Å². The van der Waals surface area contributed by atoms with Crippen molar-refractivity contribution < 1.29 is 14.3 Å². The van der Waals surface area contributed by atoms with Crippen LogP contribution in [0.4, 0.5) is 11.4 Å². The Hall–Kier alpha value is -2.69. The van der Waals surface area contributed by atoms with Crippen LogP contribution >= 0.6 is 46.4 Å². The molecule has 9 heteroatoms. The second-order valence-electron chi connectivity index (χ2n) is 7.68. The molecular weight excluding hydrogens is 585 g/mol. The van der Waals surface area contributed by atoms with Gasteiger partial charge in [0.2, 0.25) is 5.91 Å². The van der Waals surface area contributed by atoms with Crippen LogP contribution in [0.25, 0.3) is 0 Å². The lowest BCUT2D eigenvalue weighted by Crippen LogP contribution is -2.37. The molecule has 0 spiro atoms. The van der Waals surface area contributed by atoms with Crippen molar-refractivity contribution in [2.45, 2.75) is 19.0 Å². The van der Waals surface area contributed by atoms with Crippen molar-refractivity contribution in [1.82, 2.24) is 4.90 Å². The second-order valence-corrected chi connectivity index (χ2v) is 9.73. The van der Waals surface area contributed by atoms with Crippen molar-refractivity contribution in [2.75, 3.05) is 17.3 Å². The van der Waals surface area contributed by atoms with Gasteiger partial charge in [-0.1, -0.05) is 23.7 Å². The van der Waals surface area contributed by atoms with Crippen LogP contribution in [0.15, 0.2) is 72.8 Å². The highest BCUT2D eigenvalue weighted by Gasteiger charge is 2.44. The molecule has 1 saturated heterocycles. The second kappa shape index (κ2) is 10.7. The zero-order valence-corrected chi connectivity index (χ0v) is 21.9. The summed E-state index contributed by atoms with van der Waals surface area (Å²) >= 11 is 13.9. The van der Waals surface area contributed by atoms with Crippen molar-refractivity contribution in [3.63, 3.8) is 0 Å². The van der Waals surface area contributed by atoms with Crippen molar-refractivity contribution in [1.29, 1.82) is 0 Å². The molecule has 3 aromatic rings. The van der Waals surface area contributed by atoms with Gasteiger partial charge in [0.05, 0.1) is 19.2 Å². The summed E-state index contributed by atoms with van der Waals surface area (Å²) in [5.41, 5.74) is 2.23. The first-order chi connectivity index (χ1) is 16.4. The zero-order chi connectivity index (χ0) is 24.2. The van der Waals surface area contributed by atoms with Crippen molar-refractivity contribution >= 4 is 74.7 Å². The fourth-order valence-electron chi connectivity index (χ4n) is 3.69. The zero-order valence-electron chi connectivity index (χ0n) is 18.2. The Bertz CT molecular complexity index is 1200. The fourth-order valence-corrected chi connectivity index (χ4v) is 4.56. The number of thiocarbonyl (C=S) groups is 1. The number of benzene rings is 3. The maximum absolute atomic E-state index is 13.5. The molecule has 0 radical (unpaired) electrons. The molecule has 0 saturated carbocycles. The van der Waals surface area contributed by atoms with E-state index < -0.39 is 6.04 Å². The molecule has 34 heavy (non-hydrogen) atoms. The summed E-state index contributed by atoms with van der Waals surface area (Å²) in [6.45, 7) is 0.375. The molecule has 3 aromatic carbocycles. The normalized spacial score (nSPS) is 15.6. The standard InChI is InChI=1S/C25H21ClIN3O3S/c1-33-21-12-2-16(3-13-21)15-29-22(14-23(31)28-19-8-6-18(27)7-9-19)24(32)30(25(29)34)20-10-4-17(26)5-11-20/h2-13,22H,14-15H2,1H3,(H,28,31). The first-order valence-corrected chi connectivity index (χ1v) is 12.3. The number of nitrogens with zero attached hydrogens (tertiary/aromatic N) is 2. The monoisotopic (exact) mass is 605 g/mol. The minimum absolute atomic E-state index is 0.0365. The van der Waals surface area contributed by atoms with E-state index in [1.165, 1.54) is 4.90 Å². The van der Waals surface area contributed by atoms with Gasteiger partial charge >= 0.3 is 0 Å². The Labute approximate surface area is 222 Å². The largest absolute Gasteiger partial charge is 0.497 e. The maximum Gasteiger partial charge on any atom is 0.256 e. The summed E-state index contributed by atoms with van der Waals surface area (Å²) in [5.74, 6) is 0.221. The van der Waals surface area contributed by atoms with E-state index in [2.05, 4.69) is 27.9 Å². The van der Waals surface area contributed by atoms with Crippen LogP contribution in [0.3, 0.4) is 0 Å². The van der Waals surface area contributed by atoms with Crippen LogP contribution in [0.1, 0.15) is 12.0 Å². The summed E-state index contributed by atoms with van der Waals surface area (Å²) in [4.78, 5) is 29.6. The van der Waals surface area contributed by atoms with E-state index in [9.17, 15) is 9.59 Å². The number of halogens is 2. The van der Waals surface area contributed by atoms with E-state index in [1.807, 2.05) is 48.5 Å². The number of nitrogens with one attached hydrogen (secondary N) is 1. The van der Waals surface area contributed by atoms with Crippen molar-refractivity contribution in [3.8, 4) is 5.75 Å². The number of hydrogen-bond acceptors (Lipinski definition) is 4. The Morgan fingerprint density at radius 3 is 2.32 bits per heavy atom. The number of methoxy groups -OCH3 is 1. The molecule has 1 fully saturated rings. The average molecular weight is 606 g/mol. The Morgan fingerprint density at radius 2 is 1.71 bits per heavy atom. The average Bonchev–Trinajstić information content (AvgIpc) is 3.05. The van der Waals surface area contributed by atoms with Gasteiger partial charge in [-0.15, -0.1) is 0 Å². The third-order valence-electron chi connectivity index (χ3n) is 5.42.